The molecule has 0 atom stereocenters. The Morgan fingerprint density at radius 1 is 1.17 bits per heavy atom. The monoisotopic (exact) mass is 413 g/mol. The lowest BCUT2D eigenvalue weighted by Gasteiger charge is -2.31. The Hall–Kier alpha value is -2.87. The molecule has 1 saturated carbocycles. The Kier molecular flexibility index (Phi) is 5.76. The van der Waals surface area contributed by atoms with Crippen molar-refractivity contribution in [1.82, 2.24) is 9.80 Å². The largest absolute Gasteiger partial charge is 0.466 e. The molecule has 30 heavy (non-hydrogen) atoms. The van der Waals surface area contributed by atoms with Crippen LogP contribution in [-0.4, -0.2) is 65.5 Å². The molecule has 1 aliphatic carbocycles. The summed E-state index contributed by atoms with van der Waals surface area (Å²) < 4.78 is 4.84. The van der Waals surface area contributed by atoms with Gasteiger partial charge in [0.25, 0.3) is 11.8 Å². The van der Waals surface area contributed by atoms with E-state index in [-0.39, 0.29) is 48.8 Å². The van der Waals surface area contributed by atoms with Crippen LogP contribution in [0.25, 0.3) is 0 Å². The van der Waals surface area contributed by atoms with Gasteiger partial charge in [-0.25, -0.2) is 4.79 Å². The Morgan fingerprint density at radius 3 is 2.63 bits per heavy atom. The number of carbonyl (C=O) groups is 3. The van der Waals surface area contributed by atoms with E-state index in [2.05, 4.69) is 5.32 Å². The number of hydrogen-bond acceptors (Lipinski definition) is 6. The van der Waals surface area contributed by atoms with Crippen LogP contribution >= 0.6 is 0 Å². The zero-order valence-corrected chi connectivity index (χ0v) is 17.1. The summed E-state index contributed by atoms with van der Waals surface area (Å²) in [6, 6.07) is 5.67. The number of esters is 1. The maximum absolute atomic E-state index is 13.0. The molecule has 0 radical (unpaired) electrons. The number of aliphatic hydroxyl groups is 1. The minimum Gasteiger partial charge on any atom is -0.466 e. The third-order valence-corrected chi connectivity index (χ3v) is 6.22. The van der Waals surface area contributed by atoms with Crippen molar-refractivity contribution in [2.45, 2.75) is 44.7 Å². The molecule has 0 saturated heterocycles. The standard InChI is InChI=1S/C22H27N3O5/c1-30-22(29)17-12-24(10-11-26)21(28)19(17)23-18-9-5-8-15-16(18)13-25(20(15)27)14-6-3-2-4-7-14/h5,8-9,14,23,26H,2-4,6-7,10-13H2,1H3. The van der Waals surface area contributed by atoms with Crippen LogP contribution in [0, 0.1) is 0 Å². The molecule has 1 aromatic rings. The van der Waals surface area contributed by atoms with Gasteiger partial charge in [0.15, 0.2) is 0 Å². The van der Waals surface area contributed by atoms with Crippen molar-refractivity contribution in [3.8, 4) is 0 Å². The number of methoxy groups -OCH3 is 1. The van der Waals surface area contributed by atoms with Crippen LogP contribution in [0.15, 0.2) is 29.5 Å². The lowest BCUT2D eigenvalue weighted by Crippen LogP contribution is -2.36. The second-order valence-electron chi connectivity index (χ2n) is 7.98. The molecule has 2 amide bonds. The normalized spacial score (nSPS) is 19.5. The van der Waals surface area contributed by atoms with Gasteiger partial charge in [0.05, 0.1) is 25.8 Å². The highest BCUT2D eigenvalue weighted by molar-refractivity contribution is 6.09. The average Bonchev–Trinajstić information content (AvgIpc) is 3.27. The second kappa shape index (κ2) is 8.47. The van der Waals surface area contributed by atoms with Gasteiger partial charge < -0.3 is 25.0 Å². The predicted molar refractivity (Wildman–Crippen MR) is 110 cm³/mol. The van der Waals surface area contributed by atoms with Crippen molar-refractivity contribution >= 4 is 23.5 Å². The minimum atomic E-state index is -0.584. The van der Waals surface area contributed by atoms with E-state index in [4.69, 9.17) is 4.74 Å². The van der Waals surface area contributed by atoms with Crippen molar-refractivity contribution in [3.05, 3.63) is 40.6 Å². The van der Waals surface area contributed by atoms with Gasteiger partial charge in [-0.3, -0.25) is 9.59 Å². The summed E-state index contributed by atoms with van der Waals surface area (Å²) >= 11 is 0. The molecule has 2 aliphatic heterocycles. The molecule has 3 aliphatic rings. The number of fused-ring (bicyclic) bond motifs is 1. The van der Waals surface area contributed by atoms with Crippen molar-refractivity contribution < 1.29 is 24.2 Å². The van der Waals surface area contributed by atoms with E-state index in [1.54, 1.807) is 6.07 Å². The van der Waals surface area contributed by atoms with Gasteiger partial charge >= 0.3 is 5.97 Å². The summed E-state index contributed by atoms with van der Waals surface area (Å²) in [6.07, 6.45) is 5.54. The highest BCUT2D eigenvalue weighted by Gasteiger charge is 2.37. The topological polar surface area (TPSA) is 99.2 Å². The molecule has 160 valence electrons. The molecule has 0 aromatic heterocycles. The molecular weight excluding hydrogens is 386 g/mol. The summed E-state index contributed by atoms with van der Waals surface area (Å²) in [5, 5.41) is 12.3. The predicted octanol–water partition coefficient (Wildman–Crippen LogP) is 1.65. The third-order valence-electron chi connectivity index (χ3n) is 6.22. The fraction of sp³-hybridized carbons (Fsp3) is 0.500. The summed E-state index contributed by atoms with van der Waals surface area (Å²) in [4.78, 5) is 41.4. The fourth-order valence-electron chi connectivity index (χ4n) is 4.64. The number of ether oxygens (including phenoxy) is 1. The van der Waals surface area contributed by atoms with Crippen molar-refractivity contribution in [2.24, 2.45) is 0 Å². The molecular formula is C22H27N3O5. The molecule has 0 unspecified atom stereocenters. The van der Waals surface area contributed by atoms with Gasteiger partial charge in [0.2, 0.25) is 0 Å². The van der Waals surface area contributed by atoms with Crippen molar-refractivity contribution in [1.29, 1.82) is 0 Å². The van der Waals surface area contributed by atoms with Crippen molar-refractivity contribution in [3.63, 3.8) is 0 Å². The van der Waals surface area contributed by atoms with Crippen LogP contribution in [0.3, 0.4) is 0 Å². The Bertz CT molecular complexity index is 904. The van der Waals surface area contributed by atoms with E-state index < -0.39 is 5.97 Å². The van der Waals surface area contributed by atoms with E-state index in [0.717, 1.165) is 31.2 Å². The van der Waals surface area contributed by atoms with Crippen LogP contribution in [0.1, 0.15) is 48.0 Å². The molecule has 2 heterocycles. The number of nitrogens with zero attached hydrogens (tertiary/aromatic N) is 2. The van der Waals surface area contributed by atoms with E-state index >= 15 is 0 Å². The van der Waals surface area contributed by atoms with Gasteiger partial charge in [-0.1, -0.05) is 25.3 Å². The van der Waals surface area contributed by atoms with Crippen LogP contribution < -0.4 is 5.32 Å². The number of aliphatic hydroxyl groups excluding tert-OH is 1. The Balaban J connectivity index is 1.63. The van der Waals surface area contributed by atoms with Gasteiger partial charge in [-0.15, -0.1) is 0 Å². The Morgan fingerprint density at radius 2 is 1.93 bits per heavy atom. The average molecular weight is 413 g/mol. The number of anilines is 1. The maximum Gasteiger partial charge on any atom is 0.337 e. The third kappa shape index (κ3) is 3.56. The number of carbonyl (C=O) groups excluding carboxylic acids is 3. The number of amides is 2. The van der Waals surface area contributed by atoms with E-state index in [1.807, 2.05) is 17.0 Å². The SMILES string of the molecule is COC(=O)C1=C(Nc2cccc3c2CN(C2CCCCC2)C3=O)C(=O)N(CCO)C1. The maximum atomic E-state index is 13.0. The summed E-state index contributed by atoms with van der Waals surface area (Å²) in [6.45, 7) is 0.512. The first-order valence-corrected chi connectivity index (χ1v) is 10.5. The van der Waals surface area contributed by atoms with Crippen LogP contribution in [0.5, 0.6) is 0 Å². The highest BCUT2D eigenvalue weighted by Crippen LogP contribution is 2.35. The van der Waals surface area contributed by atoms with Gasteiger partial charge in [0.1, 0.15) is 5.70 Å². The minimum absolute atomic E-state index is 0.0300. The lowest BCUT2D eigenvalue weighted by atomic mass is 9.94. The van der Waals surface area contributed by atoms with E-state index in [0.29, 0.717) is 17.8 Å². The van der Waals surface area contributed by atoms with Crippen LogP contribution in [0.2, 0.25) is 0 Å². The fourth-order valence-corrected chi connectivity index (χ4v) is 4.64. The highest BCUT2D eigenvalue weighted by atomic mass is 16.5. The smallest absolute Gasteiger partial charge is 0.337 e. The number of benzene rings is 1. The molecule has 8 nitrogen and oxygen atoms in total. The first-order chi connectivity index (χ1) is 14.5. The Labute approximate surface area is 175 Å². The van der Waals surface area contributed by atoms with Gasteiger partial charge in [-0.2, -0.15) is 0 Å². The molecule has 1 aromatic carbocycles. The first kappa shape index (κ1) is 20.4. The zero-order chi connectivity index (χ0) is 21.3. The molecule has 1 fully saturated rings. The number of rotatable bonds is 6. The molecule has 4 rings (SSSR count). The molecule has 0 bridgehead atoms. The van der Waals surface area contributed by atoms with E-state index in [1.165, 1.54) is 18.4 Å². The summed E-state index contributed by atoms with van der Waals surface area (Å²) in [5.74, 6) is -0.920. The second-order valence-corrected chi connectivity index (χ2v) is 7.98. The summed E-state index contributed by atoms with van der Waals surface area (Å²) in [7, 11) is 1.27. The number of hydrogen-bond donors (Lipinski definition) is 2. The van der Waals surface area contributed by atoms with Crippen molar-refractivity contribution in [2.75, 3.05) is 32.1 Å². The van der Waals surface area contributed by atoms with Gasteiger partial charge in [0, 0.05) is 35.9 Å². The van der Waals surface area contributed by atoms with Crippen LogP contribution in [-0.2, 0) is 20.9 Å². The first-order valence-electron chi connectivity index (χ1n) is 10.5. The lowest BCUT2D eigenvalue weighted by molar-refractivity contribution is -0.136. The quantitative estimate of drug-likeness (QED) is 0.688. The number of nitrogens with one attached hydrogen (secondary N) is 1. The van der Waals surface area contributed by atoms with E-state index in [9.17, 15) is 19.5 Å². The molecule has 0 spiro atoms. The molecule has 8 heteroatoms. The summed E-state index contributed by atoms with van der Waals surface area (Å²) in [5.41, 5.74) is 2.51. The zero-order valence-electron chi connectivity index (χ0n) is 17.1. The number of β-amino-alcohol motifs (C(OH)–C–C–N with tert-alkyl or cyclic N) is 1. The van der Waals surface area contributed by atoms with Gasteiger partial charge in [-0.05, 0) is 25.0 Å². The van der Waals surface area contributed by atoms with Crippen LogP contribution in [0.4, 0.5) is 5.69 Å². The molecule has 2 N–H and O–H groups in total.